The molecule has 0 aromatic heterocycles. The smallest absolute Gasteiger partial charge is 0.327 e. The SMILES string of the molecule is NCCN1CC(=O)N(C2CC2)C1=O. The van der Waals surface area contributed by atoms with Gasteiger partial charge in [-0.2, -0.15) is 0 Å². The summed E-state index contributed by atoms with van der Waals surface area (Å²) >= 11 is 0. The number of hydrogen-bond donors (Lipinski definition) is 1. The number of hydrogen-bond acceptors (Lipinski definition) is 3. The molecule has 3 amide bonds. The highest BCUT2D eigenvalue weighted by Gasteiger charge is 2.44. The molecule has 2 N–H and O–H groups in total. The van der Waals surface area contributed by atoms with Gasteiger partial charge in [-0.05, 0) is 12.8 Å². The van der Waals surface area contributed by atoms with Crippen molar-refractivity contribution < 1.29 is 9.59 Å². The summed E-state index contributed by atoms with van der Waals surface area (Å²) in [4.78, 5) is 25.8. The largest absolute Gasteiger partial charge is 0.329 e. The first-order chi connectivity index (χ1) is 6.24. The van der Waals surface area contributed by atoms with Crippen molar-refractivity contribution in [3.05, 3.63) is 0 Å². The van der Waals surface area contributed by atoms with E-state index >= 15 is 0 Å². The van der Waals surface area contributed by atoms with E-state index in [4.69, 9.17) is 5.73 Å². The minimum Gasteiger partial charge on any atom is -0.329 e. The summed E-state index contributed by atoms with van der Waals surface area (Å²) in [6.07, 6.45) is 1.93. The van der Waals surface area contributed by atoms with Crippen LogP contribution < -0.4 is 5.73 Å². The molecule has 1 aliphatic heterocycles. The van der Waals surface area contributed by atoms with Gasteiger partial charge in [-0.1, -0.05) is 0 Å². The van der Waals surface area contributed by atoms with Crippen LogP contribution >= 0.6 is 0 Å². The van der Waals surface area contributed by atoms with Crippen molar-refractivity contribution >= 4 is 11.9 Å². The summed E-state index contributed by atoms with van der Waals surface area (Å²) in [5, 5.41) is 0. The minimum absolute atomic E-state index is 0.0686. The molecule has 0 bridgehead atoms. The lowest BCUT2D eigenvalue weighted by molar-refractivity contribution is -0.125. The van der Waals surface area contributed by atoms with Crippen LogP contribution in [0.15, 0.2) is 0 Å². The molecule has 13 heavy (non-hydrogen) atoms. The first kappa shape index (κ1) is 8.50. The Kier molecular flexibility index (Phi) is 1.95. The average Bonchev–Trinajstić information content (AvgIpc) is 2.84. The third kappa shape index (κ3) is 1.39. The molecule has 0 aromatic rings. The van der Waals surface area contributed by atoms with Crippen LogP contribution in [0.2, 0.25) is 0 Å². The topological polar surface area (TPSA) is 66.6 Å². The van der Waals surface area contributed by atoms with E-state index < -0.39 is 0 Å². The van der Waals surface area contributed by atoms with Gasteiger partial charge in [0.2, 0.25) is 0 Å². The number of urea groups is 1. The van der Waals surface area contributed by atoms with E-state index in [1.54, 1.807) is 0 Å². The second kappa shape index (κ2) is 2.99. The van der Waals surface area contributed by atoms with Crippen LogP contribution in [0.3, 0.4) is 0 Å². The molecule has 72 valence electrons. The highest BCUT2D eigenvalue weighted by molar-refractivity contribution is 6.02. The number of amides is 3. The van der Waals surface area contributed by atoms with Crippen LogP contribution in [-0.2, 0) is 4.79 Å². The van der Waals surface area contributed by atoms with Gasteiger partial charge >= 0.3 is 6.03 Å². The number of carbonyl (C=O) groups excluding carboxylic acids is 2. The Morgan fingerprint density at radius 3 is 2.62 bits per heavy atom. The molecule has 2 rings (SSSR count). The first-order valence-electron chi connectivity index (χ1n) is 4.55. The monoisotopic (exact) mass is 183 g/mol. The number of nitrogens with zero attached hydrogens (tertiary/aromatic N) is 2. The van der Waals surface area contributed by atoms with Crippen LogP contribution in [0.1, 0.15) is 12.8 Å². The second-order valence-electron chi connectivity index (χ2n) is 3.49. The van der Waals surface area contributed by atoms with Crippen molar-refractivity contribution in [2.75, 3.05) is 19.6 Å². The normalized spacial score (nSPS) is 23.2. The van der Waals surface area contributed by atoms with Crippen LogP contribution in [0.4, 0.5) is 4.79 Å². The predicted octanol–water partition coefficient (Wildman–Crippen LogP) is -0.628. The summed E-state index contributed by atoms with van der Waals surface area (Å²) in [5.74, 6) is -0.0686. The van der Waals surface area contributed by atoms with E-state index in [9.17, 15) is 9.59 Å². The molecular formula is C8H13N3O2. The van der Waals surface area contributed by atoms with Crippen LogP contribution in [0.5, 0.6) is 0 Å². The summed E-state index contributed by atoms with van der Waals surface area (Å²) < 4.78 is 0. The zero-order chi connectivity index (χ0) is 9.42. The lowest BCUT2D eigenvalue weighted by Gasteiger charge is -2.15. The Hall–Kier alpha value is -1.10. The van der Waals surface area contributed by atoms with Crippen molar-refractivity contribution in [3.8, 4) is 0 Å². The zero-order valence-corrected chi connectivity index (χ0v) is 7.40. The summed E-state index contributed by atoms with van der Waals surface area (Å²) in [6, 6.07) is 0.0284. The maximum Gasteiger partial charge on any atom is 0.327 e. The Balaban J connectivity index is 2.05. The van der Waals surface area contributed by atoms with Gasteiger partial charge in [0.1, 0.15) is 6.54 Å². The number of imide groups is 1. The highest BCUT2D eigenvalue weighted by atomic mass is 16.2. The third-order valence-electron chi connectivity index (χ3n) is 2.38. The van der Waals surface area contributed by atoms with Crippen molar-refractivity contribution in [1.82, 2.24) is 9.80 Å². The van der Waals surface area contributed by atoms with Gasteiger partial charge in [0.25, 0.3) is 5.91 Å². The van der Waals surface area contributed by atoms with Crippen LogP contribution in [-0.4, -0.2) is 47.4 Å². The average molecular weight is 183 g/mol. The molecular weight excluding hydrogens is 170 g/mol. The van der Waals surface area contributed by atoms with E-state index in [-0.39, 0.29) is 24.5 Å². The Morgan fingerprint density at radius 1 is 1.38 bits per heavy atom. The summed E-state index contributed by atoms with van der Waals surface area (Å²) in [6.45, 7) is 1.11. The maximum absolute atomic E-state index is 11.6. The molecule has 0 aromatic carbocycles. The standard InChI is InChI=1S/C8H13N3O2/c9-3-4-10-5-7(12)11(8(10)13)6-1-2-6/h6H,1-5,9H2. The molecule has 5 heteroatoms. The molecule has 5 nitrogen and oxygen atoms in total. The van der Waals surface area contributed by atoms with E-state index in [1.165, 1.54) is 9.80 Å². The van der Waals surface area contributed by atoms with Gasteiger partial charge < -0.3 is 10.6 Å². The molecule has 0 atom stereocenters. The van der Waals surface area contributed by atoms with E-state index in [1.807, 2.05) is 0 Å². The highest BCUT2D eigenvalue weighted by Crippen LogP contribution is 2.30. The molecule has 0 radical (unpaired) electrons. The summed E-state index contributed by atoms with van der Waals surface area (Å²) in [5.41, 5.74) is 5.33. The molecule has 1 heterocycles. The van der Waals surface area contributed by atoms with Crippen LogP contribution in [0.25, 0.3) is 0 Å². The van der Waals surface area contributed by atoms with Gasteiger partial charge in [0.15, 0.2) is 0 Å². The minimum atomic E-state index is -0.155. The lowest BCUT2D eigenvalue weighted by atomic mass is 10.5. The van der Waals surface area contributed by atoms with Gasteiger partial charge in [0.05, 0.1) is 0 Å². The molecule has 1 aliphatic carbocycles. The van der Waals surface area contributed by atoms with Crippen molar-refractivity contribution in [1.29, 1.82) is 0 Å². The molecule has 0 unspecified atom stereocenters. The molecule has 1 saturated heterocycles. The van der Waals surface area contributed by atoms with E-state index in [2.05, 4.69) is 0 Å². The third-order valence-corrected chi connectivity index (χ3v) is 2.38. The fraction of sp³-hybridized carbons (Fsp3) is 0.750. The van der Waals surface area contributed by atoms with Crippen molar-refractivity contribution in [2.45, 2.75) is 18.9 Å². The first-order valence-corrected chi connectivity index (χ1v) is 4.55. The lowest BCUT2D eigenvalue weighted by Crippen LogP contribution is -2.36. The Bertz CT molecular complexity index is 250. The Morgan fingerprint density at radius 2 is 2.08 bits per heavy atom. The number of rotatable bonds is 3. The van der Waals surface area contributed by atoms with Crippen LogP contribution in [0, 0.1) is 0 Å². The van der Waals surface area contributed by atoms with Crippen molar-refractivity contribution in [3.63, 3.8) is 0 Å². The second-order valence-corrected chi connectivity index (χ2v) is 3.49. The quantitative estimate of drug-likeness (QED) is 0.592. The van der Waals surface area contributed by atoms with Crippen molar-refractivity contribution in [2.24, 2.45) is 5.73 Å². The molecule has 1 saturated carbocycles. The maximum atomic E-state index is 11.6. The fourth-order valence-electron chi connectivity index (χ4n) is 1.59. The number of carbonyl (C=O) groups is 2. The number of nitrogens with two attached hydrogens (primary N) is 1. The van der Waals surface area contributed by atoms with Gasteiger partial charge in [-0.3, -0.25) is 9.69 Å². The molecule has 2 aliphatic rings. The van der Waals surface area contributed by atoms with Gasteiger partial charge in [-0.25, -0.2) is 4.79 Å². The predicted molar refractivity (Wildman–Crippen MR) is 45.9 cm³/mol. The fourth-order valence-corrected chi connectivity index (χ4v) is 1.59. The van der Waals surface area contributed by atoms with E-state index in [0.29, 0.717) is 13.1 Å². The molecule has 2 fully saturated rings. The Labute approximate surface area is 76.5 Å². The summed E-state index contributed by atoms with van der Waals surface area (Å²) in [7, 11) is 0. The van der Waals surface area contributed by atoms with Gasteiger partial charge in [-0.15, -0.1) is 0 Å². The van der Waals surface area contributed by atoms with Gasteiger partial charge in [0, 0.05) is 19.1 Å². The zero-order valence-electron chi connectivity index (χ0n) is 7.40. The van der Waals surface area contributed by atoms with E-state index in [0.717, 1.165) is 12.8 Å². The molecule has 0 spiro atoms.